The first-order valence-corrected chi connectivity index (χ1v) is 17.8. The van der Waals surface area contributed by atoms with E-state index in [2.05, 4.69) is 97.0 Å². The molecule has 2 aliphatic carbocycles. The van der Waals surface area contributed by atoms with Gasteiger partial charge in [-0.15, -0.1) is 0 Å². The Bertz CT molecular complexity index is 542. The fourth-order valence-corrected chi connectivity index (χ4v) is 6.28. The standard InChI is InChI=1S/C27H50N2.2BrH.Ni/c1-17(2)22-12-10-13-23(18(3)4)26(22)28-16-21(9)29-27-24(19(5)6)14-11-15-25(27)20(7)8;;;/h16-20,22-27H,10-15H2,1-9H3;2*1H;/q;;;+2/p-2. The molecule has 2 rings (SSSR count). The molecule has 0 bridgehead atoms. The number of nitrogens with zero attached hydrogens (tertiary/aromatic N) is 2. The maximum absolute atomic E-state index is 5.33. The van der Waals surface area contributed by atoms with Gasteiger partial charge < -0.3 is 0 Å². The first-order valence-electron chi connectivity index (χ1n) is 12.9. The second kappa shape index (κ2) is 15.7. The van der Waals surface area contributed by atoms with Crippen molar-refractivity contribution in [3.05, 3.63) is 0 Å². The molecule has 0 saturated heterocycles. The van der Waals surface area contributed by atoms with Crippen LogP contribution < -0.4 is 0 Å². The normalized spacial score (nSPS) is 32.3. The van der Waals surface area contributed by atoms with Crippen molar-refractivity contribution in [2.24, 2.45) is 57.3 Å². The summed E-state index contributed by atoms with van der Waals surface area (Å²) in [5.74, 6) is 5.74. The zero-order valence-electron chi connectivity index (χ0n) is 22.1. The zero-order valence-corrected chi connectivity index (χ0v) is 26.2. The Hall–Kier alpha value is 0.794. The molecule has 0 aromatic carbocycles. The van der Waals surface area contributed by atoms with E-state index in [4.69, 9.17) is 9.98 Å². The van der Waals surface area contributed by atoms with E-state index < -0.39 is 0 Å². The van der Waals surface area contributed by atoms with Gasteiger partial charge in [-0.3, -0.25) is 9.98 Å². The summed E-state index contributed by atoms with van der Waals surface area (Å²) in [4.78, 5) is 10.6. The number of aliphatic imine (C=N–C) groups is 2. The van der Waals surface area contributed by atoms with Crippen LogP contribution in [0, 0.1) is 47.3 Å². The molecule has 0 N–H and O–H groups in total. The van der Waals surface area contributed by atoms with Crippen LogP contribution in [0.5, 0.6) is 0 Å². The minimum atomic E-state index is 0.474. The molecular formula is C27H50Br2N2Ni. The van der Waals surface area contributed by atoms with Crippen molar-refractivity contribution in [1.29, 1.82) is 0 Å². The molecule has 0 amide bonds. The first-order chi connectivity index (χ1) is 15.0. The van der Waals surface area contributed by atoms with Gasteiger partial charge in [-0.1, -0.05) is 68.2 Å². The molecule has 4 atom stereocenters. The Morgan fingerprint density at radius 3 is 1.31 bits per heavy atom. The fourth-order valence-electron chi connectivity index (χ4n) is 6.28. The van der Waals surface area contributed by atoms with Crippen molar-refractivity contribution >= 4 is 40.4 Å². The van der Waals surface area contributed by atoms with Crippen molar-refractivity contribution < 1.29 is 10.9 Å². The quantitative estimate of drug-likeness (QED) is 0.200. The average Bonchev–Trinajstić information content (AvgIpc) is 2.72. The number of rotatable bonds is 7. The van der Waals surface area contributed by atoms with E-state index >= 15 is 0 Å². The Balaban J connectivity index is 0.00000161. The molecule has 2 aliphatic rings. The van der Waals surface area contributed by atoms with Gasteiger partial charge in [0, 0.05) is 11.9 Å². The molecule has 32 heavy (non-hydrogen) atoms. The van der Waals surface area contributed by atoms with Gasteiger partial charge in [-0.2, -0.15) is 0 Å². The summed E-state index contributed by atoms with van der Waals surface area (Å²) in [5.41, 5.74) is 1.16. The predicted molar refractivity (Wildman–Crippen MR) is 148 cm³/mol. The van der Waals surface area contributed by atoms with Gasteiger partial charge in [0.2, 0.25) is 0 Å². The van der Waals surface area contributed by atoms with Crippen molar-refractivity contribution in [3.63, 3.8) is 0 Å². The van der Waals surface area contributed by atoms with Gasteiger partial charge in [-0.05, 0) is 80.0 Å². The van der Waals surface area contributed by atoms with Crippen LogP contribution >= 0.6 is 28.5 Å². The summed E-state index contributed by atoms with van der Waals surface area (Å²) in [7, 11) is 1.25. The van der Waals surface area contributed by atoms with Crippen LogP contribution in [0.3, 0.4) is 0 Å². The van der Waals surface area contributed by atoms with E-state index in [1.165, 1.54) is 49.4 Å². The van der Waals surface area contributed by atoms with Gasteiger partial charge in [-0.25, -0.2) is 0 Å². The molecular weight excluding hydrogens is 571 g/mol. The van der Waals surface area contributed by atoms with E-state index in [9.17, 15) is 0 Å². The third kappa shape index (κ3) is 9.45. The van der Waals surface area contributed by atoms with Crippen LogP contribution in [0.4, 0.5) is 0 Å². The van der Waals surface area contributed by atoms with Crippen LogP contribution in [-0.2, 0) is 10.9 Å². The fraction of sp³-hybridized carbons (Fsp3) is 0.926. The zero-order chi connectivity index (χ0) is 24.4. The van der Waals surface area contributed by atoms with Crippen LogP contribution in [0.2, 0.25) is 0 Å². The minimum absolute atomic E-state index is 0.474. The molecule has 2 saturated carbocycles. The molecule has 0 radical (unpaired) electrons. The van der Waals surface area contributed by atoms with Gasteiger partial charge in [0.1, 0.15) is 0 Å². The Morgan fingerprint density at radius 1 is 0.688 bits per heavy atom. The summed E-state index contributed by atoms with van der Waals surface area (Å²) in [6, 6.07) is 0.949. The molecule has 5 heteroatoms. The van der Waals surface area contributed by atoms with Gasteiger partial charge in [0.05, 0.1) is 12.1 Å². The predicted octanol–water partition coefficient (Wildman–Crippen LogP) is 9.40. The van der Waals surface area contributed by atoms with E-state index in [1.807, 2.05) is 0 Å². The van der Waals surface area contributed by atoms with Crippen LogP contribution in [0.1, 0.15) is 101 Å². The topological polar surface area (TPSA) is 24.7 Å². The van der Waals surface area contributed by atoms with Gasteiger partial charge in [0.15, 0.2) is 0 Å². The molecule has 0 heterocycles. The van der Waals surface area contributed by atoms with Crippen LogP contribution in [-0.4, -0.2) is 24.0 Å². The third-order valence-corrected chi connectivity index (χ3v) is 8.12. The number of halogens is 2. The summed E-state index contributed by atoms with van der Waals surface area (Å²) in [5, 5.41) is 0. The average molecular weight is 621 g/mol. The Kier molecular flexibility index (Phi) is 15.1. The molecule has 0 aromatic rings. The van der Waals surface area contributed by atoms with Gasteiger partial charge >= 0.3 is 39.3 Å². The summed E-state index contributed by atoms with van der Waals surface area (Å²) in [6.07, 6.45) is 10.3. The molecule has 2 fully saturated rings. The second-order valence-electron chi connectivity index (χ2n) is 11.6. The van der Waals surface area contributed by atoms with E-state index in [0.29, 0.717) is 35.8 Å². The van der Waals surface area contributed by atoms with Crippen LogP contribution in [0.15, 0.2) is 9.98 Å². The van der Waals surface area contributed by atoms with E-state index in [1.54, 1.807) is 0 Å². The monoisotopic (exact) mass is 618 g/mol. The molecule has 2 nitrogen and oxygen atoms in total. The Morgan fingerprint density at radius 2 is 1.00 bits per heavy atom. The van der Waals surface area contributed by atoms with Crippen LogP contribution in [0.25, 0.3) is 0 Å². The van der Waals surface area contributed by atoms with E-state index in [0.717, 1.165) is 29.4 Å². The number of hydrogen-bond donors (Lipinski definition) is 0. The Labute approximate surface area is 220 Å². The summed E-state index contributed by atoms with van der Waals surface area (Å²) >= 11 is 6.00. The number of hydrogen-bond acceptors (Lipinski definition) is 2. The van der Waals surface area contributed by atoms with Crippen molar-refractivity contribution in [1.82, 2.24) is 0 Å². The van der Waals surface area contributed by atoms with Crippen molar-refractivity contribution in [2.75, 3.05) is 0 Å². The van der Waals surface area contributed by atoms with Crippen molar-refractivity contribution in [3.8, 4) is 0 Å². The molecule has 192 valence electrons. The maximum atomic E-state index is 5.33. The molecule has 0 spiro atoms. The van der Waals surface area contributed by atoms with Crippen molar-refractivity contribution in [2.45, 2.75) is 113 Å². The summed E-state index contributed by atoms with van der Waals surface area (Å²) < 4.78 is 0. The third-order valence-electron chi connectivity index (χ3n) is 8.12. The van der Waals surface area contributed by atoms with E-state index in [-0.39, 0.29) is 0 Å². The molecule has 0 aliphatic heterocycles. The van der Waals surface area contributed by atoms with Gasteiger partial charge in [0.25, 0.3) is 0 Å². The summed E-state index contributed by atoms with van der Waals surface area (Å²) in [6.45, 7) is 21.3. The first kappa shape index (κ1) is 30.8. The molecule has 4 unspecified atom stereocenters. The second-order valence-corrected chi connectivity index (χ2v) is 16.6. The SMILES string of the molecule is CC(C=NC1C(C(C)C)CCCC1C(C)C)=NC1C(C(C)C)CCCC1C(C)C.[Br][Ni][Br]. The molecule has 0 aromatic heterocycles.